The third-order valence-corrected chi connectivity index (χ3v) is 5.27. The van der Waals surface area contributed by atoms with Crippen molar-refractivity contribution in [2.24, 2.45) is 0 Å². The normalized spacial score (nSPS) is 13.7. The number of carbonyl (C=O) groups excluding carboxylic acids is 1. The molecule has 1 aliphatic heterocycles. The molecule has 0 radical (unpaired) electrons. The highest BCUT2D eigenvalue weighted by atomic mass is 32.2. The Hall–Kier alpha value is -2.47. The van der Waals surface area contributed by atoms with Gasteiger partial charge in [-0.25, -0.2) is 4.98 Å². The Morgan fingerprint density at radius 1 is 1.32 bits per heavy atom. The summed E-state index contributed by atoms with van der Waals surface area (Å²) in [5, 5.41) is 0.752. The molecular formula is C19H19N3O2S. The maximum atomic E-state index is 12.7. The lowest BCUT2D eigenvalue weighted by Crippen LogP contribution is -2.36. The zero-order valence-electron chi connectivity index (χ0n) is 14.0. The van der Waals surface area contributed by atoms with Gasteiger partial charge in [0.2, 0.25) is 5.91 Å². The van der Waals surface area contributed by atoms with Crippen molar-refractivity contribution >= 4 is 34.4 Å². The van der Waals surface area contributed by atoms with E-state index in [4.69, 9.17) is 4.74 Å². The van der Waals surface area contributed by atoms with Crippen LogP contribution in [0.4, 0.5) is 5.69 Å². The lowest BCUT2D eigenvalue weighted by molar-refractivity contribution is -0.116. The molecule has 128 valence electrons. The van der Waals surface area contributed by atoms with Gasteiger partial charge in [-0.15, -0.1) is 0 Å². The number of fused-ring (bicyclic) bond motifs is 2. The van der Waals surface area contributed by atoms with E-state index in [-0.39, 0.29) is 5.91 Å². The molecule has 1 amide bonds. The smallest absolute Gasteiger partial charge is 0.237 e. The first kappa shape index (κ1) is 16.0. The molecule has 0 fully saturated rings. The SMILES string of the molecule is COc1ccc2nc(SCC(=O)N3CCCc4ccccc43)[nH]c2c1. The average molecular weight is 353 g/mol. The Kier molecular flexibility index (Phi) is 4.36. The van der Waals surface area contributed by atoms with Gasteiger partial charge in [0, 0.05) is 18.3 Å². The third-order valence-electron chi connectivity index (χ3n) is 4.41. The number of imidazole rings is 1. The Labute approximate surface area is 150 Å². The number of hydrogen-bond donors (Lipinski definition) is 1. The van der Waals surface area contributed by atoms with Crippen molar-refractivity contribution in [1.82, 2.24) is 9.97 Å². The number of amides is 1. The van der Waals surface area contributed by atoms with Crippen LogP contribution in [0.5, 0.6) is 5.75 Å². The van der Waals surface area contributed by atoms with E-state index in [1.165, 1.54) is 17.3 Å². The Bertz CT molecular complexity index is 922. The predicted molar refractivity (Wildman–Crippen MR) is 100 cm³/mol. The standard InChI is InChI=1S/C19H19N3O2S/c1-24-14-8-9-15-16(11-14)21-19(20-15)25-12-18(23)22-10-4-6-13-5-2-3-7-17(13)22/h2-3,5,7-9,11H,4,6,10,12H2,1H3,(H,20,21). The largest absolute Gasteiger partial charge is 0.497 e. The predicted octanol–water partition coefficient (Wildman–Crippen LogP) is 3.64. The van der Waals surface area contributed by atoms with E-state index < -0.39 is 0 Å². The molecule has 6 heteroatoms. The van der Waals surface area contributed by atoms with Crippen LogP contribution in [0.1, 0.15) is 12.0 Å². The first-order chi connectivity index (χ1) is 12.2. The summed E-state index contributed by atoms with van der Waals surface area (Å²) >= 11 is 1.44. The molecule has 0 saturated heterocycles. The van der Waals surface area contributed by atoms with Gasteiger partial charge in [0.05, 0.1) is 23.9 Å². The fourth-order valence-corrected chi connectivity index (χ4v) is 3.92. The second-order valence-electron chi connectivity index (χ2n) is 5.99. The van der Waals surface area contributed by atoms with Crippen molar-refractivity contribution in [2.45, 2.75) is 18.0 Å². The molecule has 2 heterocycles. The quantitative estimate of drug-likeness (QED) is 0.728. The number of anilines is 1. The van der Waals surface area contributed by atoms with Gasteiger partial charge in [0.1, 0.15) is 5.75 Å². The number of aromatic amines is 1. The Balaban J connectivity index is 1.47. The summed E-state index contributed by atoms with van der Waals surface area (Å²) in [4.78, 5) is 22.4. The highest BCUT2D eigenvalue weighted by Crippen LogP contribution is 2.28. The number of nitrogens with one attached hydrogen (secondary N) is 1. The molecule has 1 aliphatic rings. The average Bonchev–Trinajstić information content (AvgIpc) is 3.07. The van der Waals surface area contributed by atoms with E-state index in [9.17, 15) is 4.79 Å². The summed E-state index contributed by atoms with van der Waals surface area (Å²) in [6.45, 7) is 0.785. The molecule has 1 N–H and O–H groups in total. The van der Waals surface area contributed by atoms with E-state index in [0.717, 1.165) is 47.0 Å². The van der Waals surface area contributed by atoms with Crippen LogP contribution in [0.2, 0.25) is 0 Å². The zero-order chi connectivity index (χ0) is 17.2. The number of H-pyrrole nitrogens is 1. The molecule has 5 nitrogen and oxygen atoms in total. The van der Waals surface area contributed by atoms with Crippen LogP contribution < -0.4 is 9.64 Å². The van der Waals surface area contributed by atoms with Gasteiger partial charge in [-0.1, -0.05) is 30.0 Å². The van der Waals surface area contributed by atoms with Crippen LogP contribution in [0.3, 0.4) is 0 Å². The van der Waals surface area contributed by atoms with E-state index in [1.807, 2.05) is 41.3 Å². The molecule has 0 spiro atoms. The molecule has 0 unspecified atom stereocenters. The van der Waals surface area contributed by atoms with Gasteiger partial charge < -0.3 is 14.6 Å². The monoisotopic (exact) mass is 353 g/mol. The number of nitrogens with zero attached hydrogens (tertiary/aromatic N) is 2. The Morgan fingerprint density at radius 2 is 2.20 bits per heavy atom. The molecule has 2 aromatic carbocycles. The molecule has 1 aromatic heterocycles. The van der Waals surface area contributed by atoms with Crippen LogP contribution in [0, 0.1) is 0 Å². The maximum Gasteiger partial charge on any atom is 0.237 e. The van der Waals surface area contributed by atoms with Crippen molar-refractivity contribution < 1.29 is 9.53 Å². The van der Waals surface area contributed by atoms with Crippen molar-refractivity contribution in [3.05, 3.63) is 48.0 Å². The summed E-state index contributed by atoms with van der Waals surface area (Å²) < 4.78 is 5.23. The van der Waals surface area contributed by atoms with Crippen LogP contribution in [-0.4, -0.2) is 35.3 Å². The number of methoxy groups -OCH3 is 1. The second-order valence-corrected chi connectivity index (χ2v) is 6.96. The van der Waals surface area contributed by atoms with Gasteiger partial charge in [-0.3, -0.25) is 4.79 Å². The molecule has 4 rings (SSSR count). The molecule has 25 heavy (non-hydrogen) atoms. The molecule has 0 saturated carbocycles. The number of carbonyl (C=O) groups is 1. The van der Waals surface area contributed by atoms with Crippen LogP contribution >= 0.6 is 11.8 Å². The van der Waals surface area contributed by atoms with E-state index >= 15 is 0 Å². The first-order valence-corrected chi connectivity index (χ1v) is 9.28. The number of ether oxygens (including phenoxy) is 1. The first-order valence-electron chi connectivity index (χ1n) is 8.29. The molecule has 0 atom stereocenters. The van der Waals surface area contributed by atoms with Gasteiger partial charge >= 0.3 is 0 Å². The highest BCUT2D eigenvalue weighted by molar-refractivity contribution is 7.99. The van der Waals surface area contributed by atoms with Gasteiger partial charge in [0.15, 0.2) is 5.16 Å². The number of hydrogen-bond acceptors (Lipinski definition) is 4. The van der Waals surface area contributed by atoms with Gasteiger partial charge in [-0.05, 0) is 36.6 Å². The highest BCUT2D eigenvalue weighted by Gasteiger charge is 2.22. The number of aryl methyl sites for hydroxylation is 1. The molecule has 0 bridgehead atoms. The minimum absolute atomic E-state index is 0.121. The minimum atomic E-state index is 0.121. The second kappa shape index (κ2) is 6.80. The summed E-state index contributed by atoms with van der Waals surface area (Å²) in [6.07, 6.45) is 2.05. The summed E-state index contributed by atoms with van der Waals surface area (Å²) in [7, 11) is 1.64. The summed E-state index contributed by atoms with van der Waals surface area (Å²) in [5.74, 6) is 1.27. The topological polar surface area (TPSA) is 58.2 Å². The van der Waals surface area contributed by atoms with Crippen molar-refractivity contribution in [1.29, 1.82) is 0 Å². The van der Waals surface area contributed by atoms with Crippen LogP contribution in [0.25, 0.3) is 11.0 Å². The molecule has 0 aliphatic carbocycles. The number of thioether (sulfide) groups is 1. The number of benzene rings is 2. The van der Waals surface area contributed by atoms with Crippen LogP contribution in [-0.2, 0) is 11.2 Å². The third kappa shape index (κ3) is 3.22. The fourth-order valence-electron chi connectivity index (χ4n) is 3.16. The number of rotatable bonds is 4. The molecule has 3 aromatic rings. The lowest BCUT2D eigenvalue weighted by Gasteiger charge is -2.29. The molecular weight excluding hydrogens is 334 g/mol. The lowest BCUT2D eigenvalue weighted by atomic mass is 10.0. The van der Waals surface area contributed by atoms with E-state index in [0.29, 0.717) is 5.75 Å². The summed E-state index contributed by atoms with van der Waals surface area (Å²) in [6, 6.07) is 13.9. The number of aromatic nitrogens is 2. The van der Waals surface area contributed by atoms with Crippen molar-refractivity contribution in [3.63, 3.8) is 0 Å². The van der Waals surface area contributed by atoms with E-state index in [2.05, 4.69) is 16.0 Å². The minimum Gasteiger partial charge on any atom is -0.497 e. The van der Waals surface area contributed by atoms with Gasteiger partial charge in [-0.2, -0.15) is 0 Å². The zero-order valence-corrected chi connectivity index (χ0v) is 14.8. The maximum absolute atomic E-state index is 12.7. The number of para-hydroxylation sites is 1. The van der Waals surface area contributed by atoms with Gasteiger partial charge in [0.25, 0.3) is 0 Å². The van der Waals surface area contributed by atoms with Crippen LogP contribution in [0.15, 0.2) is 47.6 Å². The Morgan fingerprint density at radius 3 is 3.08 bits per heavy atom. The van der Waals surface area contributed by atoms with E-state index in [1.54, 1.807) is 7.11 Å². The van der Waals surface area contributed by atoms with Crippen molar-refractivity contribution in [3.8, 4) is 5.75 Å². The summed E-state index contributed by atoms with van der Waals surface area (Å²) in [5.41, 5.74) is 4.09. The van der Waals surface area contributed by atoms with Crippen molar-refractivity contribution in [2.75, 3.05) is 24.3 Å². The fraction of sp³-hybridized carbons (Fsp3) is 0.263.